The molecule has 0 bridgehead atoms. The van der Waals surface area contributed by atoms with Gasteiger partial charge in [-0.1, -0.05) is 0 Å². The highest BCUT2D eigenvalue weighted by Gasteiger charge is 2.15. The van der Waals surface area contributed by atoms with Crippen LogP contribution in [0.15, 0.2) is 77.7 Å². The average Bonchev–Trinajstić information content (AvgIpc) is 2.82. The van der Waals surface area contributed by atoms with Crippen LogP contribution in [-0.4, -0.2) is 42.2 Å². The van der Waals surface area contributed by atoms with E-state index in [4.69, 9.17) is 14.2 Å². The minimum atomic E-state index is -3.77. The van der Waals surface area contributed by atoms with Gasteiger partial charge in [0.2, 0.25) is 0 Å². The lowest BCUT2D eigenvalue weighted by Crippen LogP contribution is -2.31. The van der Waals surface area contributed by atoms with E-state index in [0.29, 0.717) is 28.6 Å². The van der Waals surface area contributed by atoms with Gasteiger partial charge in [0, 0.05) is 18.4 Å². The van der Waals surface area contributed by atoms with Gasteiger partial charge in [-0.05, 0) is 72.8 Å². The number of carbonyl (C=O) groups excluding carboxylic acids is 1. The molecule has 8 nitrogen and oxygen atoms in total. The van der Waals surface area contributed by atoms with Gasteiger partial charge >= 0.3 is 0 Å². The number of benzene rings is 3. The van der Waals surface area contributed by atoms with E-state index >= 15 is 0 Å². The summed E-state index contributed by atoms with van der Waals surface area (Å²) in [7, 11) is 0.987. The lowest BCUT2D eigenvalue weighted by atomic mass is 10.3. The Kier molecular flexibility index (Phi) is 7.21. The van der Waals surface area contributed by atoms with Gasteiger partial charge in [-0.25, -0.2) is 8.42 Å². The summed E-state index contributed by atoms with van der Waals surface area (Å²) in [5, 5.41) is 0. The molecular formula is C23H24N2O6S. The predicted octanol–water partition coefficient (Wildman–Crippen LogP) is 3.55. The van der Waals surface area contributed by atoms with Crippen LogP contribution in [0, 0.1) is 0 Å². The number of likely N-dealkylation sites (N-methyl/N-ethyl adjacent to an activating group) is 1. The Morgan fingerprint density at radius 1 is 0.812 bits per heavy atom. The van der Waals surface area contributed by atoms with Crippen LogP contribution >= 0.6 is 0 Å². The van der Waals surface area contributed by atoms with Crippen LogP contribution in [0.25, 0.3) is 0 Å². The zero-order chi connectivity index (χ0) is 23.1. The van der Waals surface area contributed by atoms with Gasteiger partial charge in [0.1, 0.15) is 17.2 Å². The second-order valence-electron chi connectivity index (χ2n) is 6.74. The first-order valence-corrected chi connectivity index (χ1v) is 11.1. The van der Waals surface area contributed by atoms with E-state index < -0.39 is 10.0 Å². The number of hydrogen-bond donors (Lipinski definition) is 1. The van der Waals surface area contributed by atoms with Gasteiger partial charge in [-0.3, -0.25) is 9.52 Å². The van der Waals surface area contributed by atoms with Crippen molar-refractivity contribution in [2.45, 2.75) is 4.90 Å². The second-order valence-corrected chi connectivity index (χ2v) is 8.43. The lowest BCUT2D eigenvalue weighted by Gasteiger charge is -2.18. The molecule has 1 amide bonds. The second kappa shape index (κ2) is 10.1. The Balaban J connectivity index is 1.58. The quantitative estimate of drug-likeness (QED) is 0.529. The molecule has 9 heteroatoms. The highest BCUT2D eigenvalue weighted by molar-refractivity contribution is 7.92. The molecule has 0 saturated heterocycles. The third kappa shape index (κ3) is 5.70. The fraction of sp³-hybridized carbons (Fsp3) is 0.174. The van der Waals surface area contributed by atoms with Gasteiger partial charge in [0.05, 0.1) is 19.1 Å². The van der Waals surface area contributed by atoms with E-state index in [9.17, 15) is 13.2 Å². The fourth-order valence-electron chi connectivity index (χ4n) is 2.78. The largest absolute Gasteiger partial charge is 0.497 e. The maximum atomic E-state index is 12.6. The fourth-order valence-corrected chi connectivity index (χ4v) is 3.84. The summed E-state index contributed by atoms with van der Waals surface area (Å²) >= 11 is 0. The van der Waals surface area contributed by atoms with Crippen LogP contribution in [-0.2, 0) is 14.8 Å². The lowest BCUT2D eigenvalue weighted by molar-refractivity contribution is -0.120. The Bertz CT molecular complexity index is 1140. The van der Waals surface area contributed by atoms with Gasteiger partial charge in [0.15, 0.2) is 6.61 Å². The molecule has 0 atom stereocenters. The van der Waals surface area contributed by atoms with Crippen LogP contribution in [0.2, 0.25) is 0 Å². The third-order valence-corrected chi connectivity index (χ3v) is 6.07. The van der Waals surface area contributed by atoms with Crippen molar-refractivity contribution in [2.24, 2.45) is 0 Å². The summed E-state index contributed by atoms with van der Waals surface area (Å²) in [4.78, 5) is 13.9. The smallest absolute Gasteiger partial charge is 0.264 e. The van der Waals surface area contributed by atoms with E-state index in [2.05, 4.69) is 4.72 Å². The van der Waals surface area contributed by atoms with Crippen molar-refractivity contribution >= 4 is 27.3 Å². The van der Waals surface area contributed by atoms with E-state index in [-0.39, 0.29) is 17.4 Å². The SMILES string of the molecule is COc1ccc(NS(=O)(=O)c2ccc(OCC(=O)N(C)c3ccc(OC)cc3)cc2)cc1. The van der Waals surface area contributed by atoms with Crippen LogP contribution < -0.4 is 23.8 Å². The first-order valence-electron chi connectivity index (χ1n) is 9.63. The molecule has 0 aliphatic rings. The van der Waals surface area contributed by atoms with Gasteiger partial charge in [0.25, 0.3) is 15.9 Å². The molecule has 0 heterocycles. The number of amides is 1. The molecule has 3 aromatic rings. The summed E-state index contributed by atoms with van der Waals surface area (Å²) < 4.78 is 43.3. The average molecular weight is 457 g/mol. The molecule has 1 N–H and O–H groups in total. The van der Waals surface area contributed by atoms with Gasteiger partial charge in [-0.2, -0.15) is 0 Å². The molecule has 0 saturated carbocycles. The van der Waals surface area contributed by atoms with E-state index in [1.54, 1.807) is 62.7 Å². The van der Waals surface area contributed by atoms with Crippen molar-refractivity contribution in [2.75, 3.05) is 37.5 Å². The summed E-state index contributed by atoms with van der Waals surface area (Å²) in [6.07, 6.45) is 0. The molecular weight excluding hydrogens is 432 g/mol. The number of rotatable bonds is 9. The van der Waals surface area contributed by atoms with Gasteiger partial charge in [-0.15, -0.1) is 0 Å². The number of methoxy groups -OCH3 is 2. The zero-order valence-corrected chi connectivity index (χ0v) is 18.8. The molecule has 3 rings (SSSR count). The molecule has 0 aliphatic heterocycles. The third-order valence-electron chi connectivity index (χ3n) is 4.67. The molecule has 3 aromatic carbocycles. The van der Waals surface area contributed by atoms with Crippen molar-refractivity contribution in [3.05, 3.63) is 72.8 Å². The van der Waals surface area contributed by atoms with Crippen LogP contribution in [0.3, 0.4) is 0 Å². The standard InChI is InChI=1S/C23H24N2O6S/c1-25(18-6-10-20(30-3)11-7-18)23(26)16-31-21-12-14-22(15-13-21)32(27,28)24-17-4-8-19(29-2)9-5-17/h4-15,24H,16H2,1-3H3. The van der Waals surface area contributed by atoms with Crippen molar-refractivity contribution in [3.63, 3.8) is 0 Å². The summed E-state index contributed by atoms with van der Waals surface area (Å²) in [6, 6.07) is 19.4. The zero-order valence-electron chi connectivity index (χ0n) is 17.9. The summed E-state index contributed by atoms with van der Waals surface area (Å²) in [5.41, 5.74) is 1.11. The Hall–Kier alpha value is -3.72. The summed E-state index contributed by atoms with van der Waals surface area (Å²) in [5.74, 6) is 1.45. The number of nitrogens with one attached hydrogen (secondary N) is 1. The van der Waals surface area contributed by atoms with Crippen molar-refractivity contribution in [1.29, 1.82) is 0 Å². The van der Waals surface area contributed by atoms with Crippen molar-refractivity contribution < 1.29 is 27.4 Å². The predicted molar refractivity (Wildman–Crippen MR) is 122 cm³/mol. The highest BCUT2D eigenvalue weighted by atomic mass is 32.2. The van der Waals surface area contributed by atoms with Crippen molar-refractivity contribution in [3.8, 4) is 17.2 Å². The van der Waals surface area contributed by atoms with Crippen LogP contribution in [0.1, 0.15) is 0 Å². The number of sulfonamides is 1. The number of ether oxygens (including phenoxy) is 3. The normalized spacial score (nSPS) is 10.8. The Morgan fingerprint density at radius 2 is 1.31 bits per heavy atom. The van der Waals surface area contributed by atoms with Crippen molar-refractivity contribution in [1.82, 2.24) is 0 Å². The van der Waals surface area contributed by atoms with E-state index in [1.165, 1.54) is 36.3 Å². The number of carbonyl (C=O) groups is 1. The molecule has 168 valence electrons. The maximum Gasteiger partial charge on any atom is 0.264 e. The molecule has 32 heavy (non-hydrogen) atoms. The Morgan fingerprint density at radius 3 is 1.84 bits per heavy atom. The topological polar surface area (TPSA) is 94.2 Å². The number of anilines is 2. The van der Waals surface area contributed by atoms with Crippen LogP contribution in [0.5, 0.6) is 17.2 Å². The minimum absolute atomic E-state index is 0.0716. The molecule has 0 spiro atoms. The Labute approximate surface area is 187 Å². The summed E-state index contributed by atoms with van der Waals surface area (Å²) in [6.45, 7) is -0.196. The number of nitrogens with zero attached hydrogens (tertiary/aromatic N) is 1. The molecule has 0 aliphatic carbocycles. The monoisotopic (exact) mass is 456 g/mol. The maximum absolute atomic E-state index is 12.6. The van der Waals surface area contributed by atoms with Crippen LogP contribution in [0.4, 0.5) is 11.4 Å². The number of hydrogen-bond acceptors (Lipinski definition) is 6. The molecule has 0 radical (unpaired) electrons. The first kappa shape index (κ1) is 23.0. The molecule has 0 aromatic heterocycles. The van der Waals surface area contributed by atoms with Gasteiger partial charge < -0.3 is 19.1 Å². The minimum Gasteiger partial charge on any atom is -0.497 e. The molecule has 0 fully saturated rings. The van der Waals surface area contributed by atoms with E-state index in [1.807, 2.05) is 0 Å². The highest BCUT2D eigenvalue weighted by Crippen LogP contribution is 2.22. The molecule has 0 unspecified atom stereocenters. The first-order chi connectivity index (χ1) is 15.3. The van der Waals surface area contributed by atoms with E-state index in [0.717, 1.165) is 0 Å².